The third-order valence-corrected chi connectivity index (χ3v) is 21.0. The number of carbonyl (C=O) groups excluding carboxylic acids is 1. The van der Waals surface area contributed by atoms with Gasteiger partial charge in [0.15, 0.2) is 0 Å². The van der Waals surface area contributed by atoms with Crippen LogP contribution < -0.4 is 0 Å². The lowest BCUT2D eigenvalue weighted by Gasteiger charge is -2.61. The highest BCUT2D eigenvalue weighted by Gasteiger charge is 2.62. The quantitative estimate of drug-likeness (QED) is 0.113. The van der Waals surface area contributed by atoms with Crippen molar-refractivity contribution in [2.75, 3.05) is 6.61 Å². The maximum atomic E-state index is 12.5. The van der Waals surface area contributed by atoms with Gasteiger partial charge in [-0.1, -0.05) is 97.1 Å². The summed E-state index contributed by atoms with van der Waals surface area (Å²) in [5.74, 6) is 4.32. The van der Waals surface area contributed by atoms with Gasteiger partial charge in [-0.05, 0) is 134 Å². The molecular formula is C38H67Cl3O4Si2. The maximum Gasteiger partial charge on any atom is 0.305 e. The Hall–Kier alpha value is 0.274. The number of hydrogen-bond donors (Lipinski definition) is 0. The predicted octanol–water partition coefficient (Wildman–Crippen LogP) is 12.5. The van der Waals surface area contributed by atoms with Gasteiger partial charge in [0.1, 0.15) is 6.61 Å². The standard InChI is InChI=1S/C38H67Cl3O4Si2/c1-24(2)47(25(3)4,26(5)6)44-29-17-19-36(8)28(21-29)22-33(45-46(10,11)12)35-31-15-14-30(37(31,9)20-18-32(35)36)27(7)13-16-34(42)43-23-38(39,40)41/h22,24-32,35H,13-21,23H2,1-12H3/t27-,28+,29-,30-,31+,32+,35+,36+,37-/m1/s1. The summed E-state index contributed by atoms with van der Waals surface area (Å²) in [6.45, 7) is 28.9. The molecule has 0 aromatic carbocycles. The van der Waals surface area contributed by atoms with Crippen LogP contribution in [0.1, 0.15) is 120 Å². The fourth-order valence-electron chi connectivity index (χ4n) is 11.6. The van der Waals surface area contributed by atoms with Gasteiger partial charge in [0.25, 0.3) is 0 Å². The number of hydrogen-bond acceptors (Lipinski definition) is 4. The number of fused-ring (bicyclic) bond motifs is 5. The fraction of sp³-hybridized carbons (Fsp3) is 0.921. The second-order valence-corrected chi connectivity index (χ2v) is 30.8. The SMILES string of the molecule is CC(C)[Si](O[C@@H]1CC[C@@]2(C)[C@H](C=C(O[Si](C)(C)C)[C@@H]3[C@@H]2CC[C@]2(C)[C@@H]([C@H](C)CCC(=O)OCC(Cl)(Cl)Cl)CC[C@@H]32)C1)(C(C)C)C(C)C. The zero-order chi connectivity index (χ0) is 35.3. The van der Waals surface area contributed by atoms with Crippen molar-refractivity contribution in [1.29, 1.82) is 0 Å². The number of carbonyl (C=O) groups is 1. The minimum absolute atomic E-state index is 0.202. The Labute approximate surface area is 305 Å². The van der Waals surface area contributed by atoms with E-state index in [-0.39, 0.29) is 23.4 Å². The van der Waals surface area contributed by atoms with Crippen molar-refractivity contribution >= 4 is 57.4 Å². The molecule has 4 aliphatic rings. The molecule has 0 bridgehead atoms. The molecule has 0 aliphatic heterocycles. The first-order chi connectivity index (χ1) is 21.5. The van der Waals surface area contributed by atoms with Crippen molar-refractivity contribution in [3.63, 3.8) is 0 Å². The Morgan fingerprint density at radius 3 is 2.02 bits per heavy atom. The molecule has 0 saturated heterocycles. The fourth-order valence-corrected chi connectivity index (χ4v) is 18.3. The molecule has 4 rings (SSSR count). The molecule has 0 aromatic heterocycles. The van der Waals surface area contributed by atoms with Crippen molar-refractivity contribution in [2.24, 2.45) is 46.3 Å². The van der Waals surface area contributed by atoms with Crippen molar-refractivity contribution in [3.8, 4) is 0 Å². The number of esters is 1. The van der Waals surface area contributed by atoms with Gasteiger partial charge in [-0.15, -0.1) is 0 Å². The lowest BCUT2D eigenvalue weighted by atomic mass is 9.46. The van der Waals surface area contributed by atoms with E-state index in [9.17, 15) is 4.79 Å². The first-order valence-corrected chi connectivity index (χ1v) is 25.5. The van der Waals surface area contributed by atoms with Crippen molar-refractivity contribution < 1.29 is 18.4 Å². The highest BCUT2D eigenvalue weighted by molar-refractivity contribution is 6.77. The van der Waals surface area contributed by atoms with E-state index in [2.05, 4.69) is 88.0 Å². The van der Waals surface area contributed by atoms with Crippen LogP contribution in [0.15, 0.2) is 11.8 Å². The second-order valence-electron chi connectivity index (χ2n) is 18.5. The van der Waals surface area contributed by atoms with Crippen molar-refractivity contribution in [2.45, 2.75) is 166 Å². The Morgan fingerprint density at radius 1 is 0.894 bits per heavy atom. The number of rotatable bonds is 12. The molecule has 4 aliphatic carbocycles. The highest BCUT2D eigenvalue weighted by atomic mass is 35.6. The molecule has 47 heavy (non-hydrogen) atoms. The lowest BCUT2D eigenvalue weighted by Crippen LogP contribution is -2.56. The minimum atomic E-state index is -1.95. The smallest absolute Gasteiger partial charge is 0.305 e. The molecular weight excluding hydrogens is 683 g/mol. The molecule has 3 fully saturated rings. The second kappa shape index (κ2) is 14.7. The zero-order valence-corrected chi connectivity index (χ0v) is 36.0. The number of alkyl halides is 3. The molecule has 9 heteroatoms. The molecule has 0 spiro atoms. The van der Waals surface area contributed by atoms with E-state index < -0.39 is 20.4 Å². The van der Waals surface area contributed by atoms with Gasteiger partial charge in [-0.3, -0.25) is 4.79 Å². The van der Waals surface area contributed by atoms with Crippen LogP contribution in [0.4, 0.5) is 0 Å². The van der Waals surface area contributed by atoms with Gasteiger partial charge in [0.2, 0.25) is 20.4 Å². The van der Waals surface area contributed by atoms with E-state index in [0.717, 1.165) is 12.8 Å². The van der Waals surface area contributed by atoms with E-state index in [4.69, 9.17) is 48.4 Å². The van der Waals surface area contributed by atoms with E-state index >= 15 is 0 Å². The van der Waals surface area contributed by atoms with Gasteiger partial charge in [-0.25, -0.2) is 0 Å². The summed E-state index contributed by atoms with van der Waals surface area (Å²) in [6.07, 6.45) is 12.7. The average molecular weight is 750 g/mol. The summed E-state index contributed by atoms with van der Waals surface area (Å²) in [5, 5.41) is 0. The minimum Gasteiger partial charge on any atom is -0.547 e. The predicted molar refractivity (Wildman–Crippen MR) is 204 cm³/mol. The number of ether oxygens (including phenoxy) is 1. The summed E-state index contributed by atoms with van der Waals surface area (Å²) in [7, 11) is -3.78. The van der Waals surface area contributed by atoms with Gasteiger partial charge in [-0.2, -0.15) is 0 Å². The molecule has 0 unspecified atom stereocenters. The van der Waals surface area contributed by atoms with Crippen molar-refractivity contribution in [3.05, 3.63) is 11.8 Å². The third-order valence-electron chi connectivity index (χ3n) is 13.6. The first kappa shape index (κ1) is 40.1. The Morgan fingerprint density at radius 2 is 1.47 bits per heavy atom. The van der Waals surface area contributed by atoms with Crippen LogP contribution in [-0.4, -0.2) is 39.1 Å². The van der Waals surface area contributed by atoms with Gasteiger partial charge in [0, 0.05) is 18.4 Å². The molecule has 272 valence electrons. The molecule has 0 heterocycles. The van der Waals surface area contributed by atoms with Crippen LogP contribution in [-0.2, 0) is 18.4 Å². The van der Waals surface area contributed by atoms with E-state index in [1.165, 1.54) is 44.3 Å². The van der Waals surface area contributed by atoms with Crippen LogP contribution in [0.2, 0.25) is 36.3 Å². The summed E-state index contributed by atoms with van der Waals surface area (Å²) in [6, 6.07) is 0. The van der Waals surface area contributed by atoms with Crippen LogP contribution in [0, 0.1) is 46.3 Å². The Balaban J connectivity index is 1.58. The molecule has 0 N–H and O–H groups in total. The Bertz CT molecular complexity index is 1110. The number of halogens is 3. The lowest BCUT2D eigenvalue weighted by molar-refractivity contribution is -0.144. The summed E-state index contributed by atoms with van der Waals surface area (Å²) in [4.78, 5) is 12.5. The average Bonchev–Trinajstić information content (AvgIpc) is 3.29. The third kappa shape index (κ3) is 8.34. The summed E-state index contributed by atoms with van der Waals surface area (Å²) >= 11 is 17.4. The van der Waals surface area contributed by atoms with Gasteiger partial charge >= 0.3 is 5.97 Å². The number of allylic oxidation sites excluding steroid dienone is 2. The molecule has 0 aromatic rings. The topological polar surface area (TPSA) is 44.8 Å². The zero-order valence-electron chi connectivity index (χ0n) is 31.7. The monoisotopic (exact) mass is 748 g/mol. The van der Waals surface area contributed by atoms with Crippen LogP contribution in [0.25, 0.3) is 0 Å². The van der Waals surface area contributed by atoms with E-state index in [1.54, 1.807) is 0 Å². The van der Waals surface area contributed by atoms with E-state index in [1.807, 2.05) is 0 Å². The molecule has 0 radical (unpaired) electrons. The van der Waals surface area contributed by atoms with Crippen LogP contribution in [0.5, 0.6) is 0 Å². The van der Waals surface area contributed by atoms with Crippen LogP contribution in [0.3, 0.4) is 0 Å². The molecule has 9 atom stereocenters. The maximum absolute atomic E-state index is 12.5. The summed E-state index contributed by atoms with van der Waals surface area (Å²) < 4.78 is 18.3. The van der Waals surface area contributed by atoms with Gasteiger partial charge in [0.05, 0.1) is 5.76 Å². The molecule has 4 nitrogen and oxygen atoms in total. The summed E-state index contributed by atoms with van der Waals surface area (Å²) in [5.41, 5.74) is 2.34. The van der Waals surface area contributed by atoms with Crippen molar-refractivity contribution in [1.82, 2.24) is 0 Å². The van der Waals surface area contributed by atoms with Crippen LogP contribution >= 0.6 is 34.8 Å². The first-order valence-electron chi connectivity index (χ1n) is 18.9. The van der Waals surface area contributed by atoms with Gasteiger partial charge < -0.3 is 13.6 Å². The van der Waals surface area contributed by atoms with E-state index in [0.29, 0.717) is 64.7 Å². The largest absolute Gasteiger partial charge is 0.547 e. The molecule has 3 saturated carbocycles. The Kier molecular flexibility index (Phi) is 12.5. The normalized spacial score (nSPS) is 35.3. The highest BCUT2D eigenvalue weighted by Crippen LogP contribution is 2.69. The molecule has 0 amide bonds.